The van der Waals surface area contributed by atoms with Gasteiger partial charge in [-0.3, -0.25) is 4.90 Å². The van der Waals surface area contributed by atoms with Crippen LogP contribution in [-0.2, 0) is 14.9 Å². The van der Waals surface area contributed by atoms with Crippen LogP contribution in [0.5, 0.6) is 0 Å². The second-order valence-corrected chi connectivity index (χ2v) is 6.91. The van der Waals surface area contributed by atoms with E-state index in [0.717, 1.165) is 26.1 Å². The summed E-state index contributed by atoms with van der Waals surface area (Å²) in [7, 11) is 1.75. The summed E-state index contributed by atoms with van der Waals surface area (Å²) in [5.74, 6) is -0.247. The van der Waals surface area contributed by atoms with Crippen molar-refractivity contribution >= 4 is 5.97 Å². The van der Waals surface area contributed by atoms with Gasteiger partial charge in [0.15, 0.2) is 0 Å². The van der Waals surface area contributed by atoms with Crippen LogP contribution in [-0.4, -0.2) is 50.3 Å². The van der Waals surface area contributed by atoms with Crippen LogP contribution in [0.2, 0.25) is 0 Å². The molecule has 2 rings (SSSR count). The van der Waals surface area contributed by atoms with Crippen LogP contribution in [0.1, 0.15) is 43.1 Å². The lowest BCUT2D eigenvalue weighted by molar-refractivity contribution is 0.0461. The zero-order valence-corrected chi connectivity index (χ0v) is 14.1. The molecule has 0 radical (unpaired) electrons. The molecule has 1 saturated heterocycles. The first-order valence-corrected chi connectivity index (χ1v) is 7.93. The smallest absolute Gasteiger partial charge is 0.338 e. The van der Waals surface area contributed by atoms with Crippen LogP contribution >= 0.6 is 0 Å². The van der Waals surface area contributed by atoms with Crippen LogP contribution in [0.15, 0.2) is 24.3 Å². The van der Waals surface area contributed by atoms with Gasteiger partial charge in [0.25, 0.3) is 0 Å². The molecule has 1 unspecified atom stereocenters. The Hall–Kier alpha value is -1.39. The van der Waals surface area contributed by atoms with Gasteiger partial charge in [-0.1, -0.05) is 32.9 Å². The van der Waals surface area contributed by atoms with Crippen molar-refractivity contribution in [1.82, 2.24) is 4.90 Å². The number of hydrogen-bond donors (Lipinski definition) is 0. The van der Waals surface area contributed by atoms with E-state index in [2.05, 4.69) is 25.7 Å². The summed E-state index contributed by atoms with van der Waals surface area (Å²) in [5, 5.41) is 0. The number of likely N-dealkylation sites (tertiary alicyclic amines) is 1. The lowest BCUT2D eigenvalue weighted by Gasteiger charge is -2.19. The average molecular weight is 305 g/mol. The van der Waals surface area contributed by atoms with Crippen LogP contribution in [0.4, 0.5) is 0 Å². The molecule has 22 heavy (non-hydrogen) atoms. The third kappa shape index (κ3) is 4.55. The van der Waals surface area contributed by atoms with Crippen molar-refractivity contribution in [2.75, 3.05) is 33.4 Å². The van der Waals surface area contributed by atoms with Crippen molar-refractivity contribution < 1.29 is 14.3 Å². The number of benzene rings is 1. The van der Waals surface area contributed by atoms with Crippen molar-refractivity contribution in [2.45, 2.75) is 38.7 Å². The first-order valence-electron chi connectivity index (χ1n) is 7.93. The summed E-state index contributed by atoms with van der Waals surface area (Å²) in [5.41, 5.74) is 1.92. The summed E-state index contributed by atoms with van der Waals surface area (Å²) in [6.07, 6.45) is 1.37. The number of carbonyl (C=O) groups excluding carboxylic acids is 1. The van der Waals surface area contributed by atoms with E-state index in [0.29, 0.717) is 18.3 Å². The second kappa shape index (κ2) is 7.25. The number of carbonyl (C=O) groups is 1. The minimum atomic E-state index is -0.247. The number of methoxy groups -OCH3 is 1. The molecule has 1 aromatic carbocycles. The van der Waals surface area contributed by atoms with E-state index in [9.17, 15) is 4.79 Å². The van der Waals surface area contributed by atoms with Gasteiger partial charge in [-0.15, -0.1) is 0 Å². The minimum absolute atomic E-state index is 0.0933. The Bertz CT molecular complexity index is 490. The molecule has 122 valence electrons. The first kappa shape index (κ1) is 17.0. The van der Waals surface area contributed by atoms with Gasteiger partial charge in [-0.25, -0.2) is 4.79 Å². The van der Waals surface area contributed by atoms with Gasteiger partial charge in [-0.05, 0) is 29.5 Å². The van der Waals surface area contributed by atoms with Crippen LogP contribution < -0.4 is 0 Å². The van der Waals surface area contributed by atoms with Crippen LogP contribution in [0.25, 0.3) is 0 Å². The molecule has 1 aliphatic rings. The van der Waals surface area contributed by atoms with Crippen molar-refractivity contribution in [3.63, 3.8) is 0 Å². The summed E-state index contributed by atoms with van der Waals surface area (Å²) in [6, 6.07) is 7.69. The third-order valence-corrected chi connectivity index (χ3v) is 4.19. The maximum atomic E-state index is 12.0. The number of rotatable bonds is 5. The van der Waals surface area contributed by atoms with Crippen molar-refractivity contribution in [3.05, 3.63) is 35.4 Å². The SMILES string of the molecule is COC1CCN(CCOC(=O)c2ccc(C(C)(C)C)cc2)C1. The molecule has 0 spiro atoms. The number of nitrogens with zero attached hydrogens (tertiary/aromatic N) is 1. The fourth-order valence-corrected chi connectivity index (χ4v) is 2.65. The standard InChI is InChI=1S/C18H27NO3/c1-18(2,3)15-7-5-14(6-8-15)17(20)22-12-11-19-10-9-16(13-19)21-4/h5-8,16H,9-13H2,1-4H3. The molecule has 0 bridgehead atoms. The predicted octanol–water partition coefficient (Wildman–Crippen LogP) is 2.86. The Morgan fingerprint density at radius 2 is 1.95 bits per heavy atom. The van der Waals surface area contributed by atoms with Crippen molar-refractivity contribution in [2.24, 2.45) is 0 Å². The fourth-order valence-electron chi connectivity index (χ4n) is 2.65. The molecular weight excluding hydrogens is 278 g/mol. The van der Waals surface area contributed by atoms with Crippen molar-refractivity contribution in [3.8, 4) is 0 Å². The van der Waals surface area contributed by atoms with Gasteiger partial charge >= 0.3 is 5.97 Å². The van der Waals surface area contributed by atoms with E-state index in [1.807, 2.05) is 24.3 Å². The summed E-state index contributed by atoms with van der Waals surface area (Å²) in [6.45, 7) is 9.60. The monoisotopic (exact) mass is 305 g/mol. The minimum Gasteiger partial charge on any atom is -0.461 e. The fraction of sp³-hybridized carbons (Fsp3) is 0.611. The zero-order valence-electron chi connectivity index (χ0n) is 14.1. The third-order valence-electron chi connectivity index (χ3n) is 4.19. The number of ether oxygens (including phenoxy) is 2. The largest absolute Gasteiger partial charge is 0.461 e. The van der Waals surface area contributed by atoms with Gasteiger partial charge in [0.2, 0.25) is 0 Å². The average Bonchev–Trinajstić information content (AvgIpc) is 2.94. The Kier molecular flexibility index (Phi) is 5.59. The molecule has 1 aliphatic heterocycles. The van der Waals surface area contributed by atoms with E-state index >= 15 is 0 Å². The Balaban J connectivity index is 1.78. The quantitative estimate of drug-likeness (QED) is 0.784. The van der Waals surface area contributed by atoms with Gasteiger partial charge in [0, 0.05) is 26.7 Å². The molecular formula is C18H27NO3. The van der Waals surface area contributed by atoms with E-state index in [1.165, 1.54) is 5.56 Å². The highest BCUT2D eigenvalue weighted by atomic mass is 16.5. The lowest BCUT2D eigenvalue weighted by atomic mass is 9.87. The molecule has 1 heterocycles. The number of esters is 1. The zero-order chi connectivity index (χ0) is 16.2. The first-order chi connectivity index (χ1) is 10.4. The highest BCUT2D eigenvalue weighted by Crippen LogP contribution is 2.22. The molecule has 0 aliphatic carbocycles. The summed E-state index contributed by atoms with van der Waals surface area (Å²) in [4.78, 5) is 14.3. The molecule has 0 amide bonds. The Labute approximate surface area is 133 Å². The van der Waals surface area contributed by atoms with Crippen molar-refractivity contribution in [1.29, 1.82) is 0 Å². The van der Waals surface area contributed by atoms with Crippen LogP contribution in [0.3, 0.4) is 0 Å². The van der Waals surface area contributed by atoms with Gasteiger partial charge < -0.3 is 9.47 Å². The van der Waals surface area contributed by atoms with E-state index in [4.69, 9.17) is 9.47 Å². The highest BCUT2D eigenvalue weighted by molar-refractivity contribution is 5.89. The van der Waals surface area contributed by atoms with Crippen LogP contribution in [0, 0.1) is 0 Å². The molecule has 4 heteroatoms. The van der Waals surface area contributed by atoms with Gasteiger partial charge in [0.05, 0.1) is 11.7 Å². The molecule has 1 fully saturated rings. The highest BCUT2D eigenvalue weighted by Gasteiger charge is 2.22. The van der Waals surface area contributed by atoms with E-state index in [-0.39, 0.29) is 11.4 Å². The Morgan fingerprint density at radius 1 is 1.27 bits per heavy atom. The summed E-state index contributed by atoms with van der Waals surface area (Å²) >= 11 is 0. The van der Waals surface area contributed by atoms with E-state index < -0.39 is 0 Å². The van der Waals surface area contributed by atoms with Gasteiger partial charge in [0.1, 0.15) is 6.61 Å². The lowest BCUT2D eigenvalue weighted by Crippen LogP contribution is -2.27. The topological polar surface area (TPSA) is 38.8 Å². The van der Waals surface area contributed by atoms with E-state index in [1.54, 1.807) is 7.11 Å². The predicted molar refractivity (Wildman–Crippen MR) is 87.3 cm³/mol. The van der Waals surface area contributed by atoms with Gasteiger partial charge in [-0.2, -0.15) is 0 Å². The molecule has 0 N–H and O–H groups in total. The molecule has 4 nitrogen and oxygen atoms in total. The number of hydrogen-bond acceptors (Lipinski definition) is 4. The normalized spacial score (nSPS) is 19.4. The summed E-state index contributed by atoms with van der Waals surface area (Å²) < 4.78 is 10.7. The maximum Gasteiger partial charge on any atom is 0.338 e. The molecule has 1 aromatic rings. The molecule has 0 aromatic heterocycles. The molecule has 0 saturated carbocycles. The maximum absolute atomic E-state index is 12.0. The second-order valence-electron chi connectivity index (χ2n) is 6.91. The Morgan fingerprint density at radius 3 is 2.50 bits per heavy atom. The molecule has 1 atom stereocenters.